The Labute approximate surface area is 191 Å². The summed E-state index contributed by atoms with van der Waals surface area (Å²) in [5.74, 6) is 1.26. The molecule has 30 heavy (non-hydrogen) atoms. The number of para-hydroxylation sites is 1. The van der Waals surface area contributed by atoms with Gasteiger partial charge in [0.25, 0.3) is 0 Å². The number of fused-ring (bicyclic) bond motifs is 3. The monoisotopic (exact) mass is 496 g/mol. The maximum atomic E-state index is 6.30. The highest BCUT2D eigenvalue weighted by Gasteiger charge is 2.26. The van der Waals surface area contributed by atoms with Gasteiger partial charge in [-0.15, -0.1) is 21.5 Å². The molecule has 5 rings (SSSR count). The third-order valence-electron chi connectivity index (χ3n) is 4.67. The second-order valence-electron chi connectivity index (χ2n) is 6.85. The van der Waals surface area contributed by atoms with Crippen molar-refractivity contribution in [1.82, 2.24) is 15.2 Å². The van der Waals surface area contributed by atoms with Crippen LogP contribution >= 0.6 is 39.0 Å². The molecule has 3 heterocycles. The molecule has 0 saturated heterocycles. The van der Waals surface area contributed by atoms with E-state index in [2.05, 4.69) is 62.6 Å². The van der Waals surface area contributed by atoms with Crippen LogP contribution in [-0.2, 0) is 5.75 Å². The molecule has 0 amide bonds. The zero-order valence-electron chi connectivity index (χ0n) is 16.0. The summed E-state index contributed by atoms with van der Waals surface area (Å²) in [5, 5.41) is 12.9. The third kappa shape index (κ3) is 4.08. The van der Waals surface area contributed by atoms with Crippen LogP contribution in [0.3, 0.4) is 0 Å². The quantitative estimate of drug-likeness (QED) is 0.326. The van der Waals surface area contributed by atoms with E-state index in [4.69, 9.17) is 9.72 Å². The van der Waals surface area contributed by atoms with Crippen LogP contribution in [0.25, 0.3) is 11.3 Å². The number of rotatable bonds is 4. The zero-order valence-corrected chi connectivity index (χ0v) is 19.2. The number of halogens is 1. The second-order valence-corrected chi connectivity index (χ2v) is 10.3. The molecule has 1 N–H and O–H groups in total. The van der Waals surface area contributed by atoms with E-state index in [1.54, 1.807) is 23.1 Å². The molecule has 0 unspecified atom stereocenters. The van der Waals surface area contributed by atoms with Gasteiger partial charge in [0.1, 0.15) is 0 Å². The average Bonchev–Trinajstić information content (AvgIpc) is 3.12. The third-order valence-corrected chi connectivity index (χ3v) is 7.25. The van der Waals surface area contributed by atoms with Gasteiger partial charge in [0.2, 0.25) is 17.3 Å². The van der Waals surface area contributed by atoms with Crippen LogP contribution in [0.4, 0.5) is 5.69 Å². The topological polar surface area (TPSA) is 59.9 Å². The fraction of sp³-hybridized carbons (Fsp3) is 0.136. The van der Waals surface area contributed by atoms with Gasteiger partial charge in [-0.05, 0) is 46.6 Å². The standard InChI is InChI=1S/C22H17BrN4OS2/c1-13-6-8-14(9-7-13)12-29-22-25-21-19(26-27-22)15-4-2-3-5-16(15)24-20(28-21)17-10-11-18(23)30-17/h2-11,20,24H,12H2,1H3/t20-/m1/s1. The summed E-state index contributed by atoms with van der Waals surface area (Å²) in [5.41, 5.74) is 4.99. The van der Waals surface area contributed by atoms with Crippen LogP contribution < -0.4 is 10.1 Å². The highest BCUT2D eigenvalue weighted by molar-refractivity contribution is 9.11. The summed E-state index contributed by atoms with van der Waals surface area (Å²) in [7, 11) is 0. The smallest absolute Gasteiger partial charge is 0.247 e. The molecule has 8 heteroatoms. The predicted molar refractivity (Wildman–Crippen MR) is 125 cm³/mol. The molecular weight excluding hydrogens is 480 g/mol. The first-order chi connectivity index (χ1) is 14.7. The minimum Gasteiger partial charge on any atom is -0.447 e. The number of aryl methyl sites for hydroxylation is 1. The van der Waals surface area contributed by atoms with E-state index in [-0.39, 0.29) is 6.23 Å². The van der Waals surface area contributed by atoms with Gasteiger partial charge >= 0.3 is 0 Å². The molecule has 0 fully saturated rings. The van der Waals surface area contributed by atoms with Gasteiger partial charge in [0.15, 0.2) is 5.69 Å². The molecule has 0 bridgehead atoms. The molecule has 1 atom stereocenters. The number of nitrogens with zero attached hydrogens (tertiary/aromatic N) is 3. The van der Waals surface area contributed by atoms with E-state index >= 15 is 0 Å². The summed E-state index contributed by atoms with van der Waals surface area (Å²) in [6.45, 7) is 2.09. The lowest BCUT2D eigenvalue weighted by molar-refractivity contribution is 0.229. The minimum absolute atomic E-state index is 0.352. The van der Waals surface area contributed by atoms with Crippen molar-refractivity contribution in [1.29, 1.82) is 0 Å². The van der Waals surface area contributed by atoms with Crippen molar-refractivity contribution in [3.8, 4) is 17.1 Å². The van der Waals surface area contributed by atoms with E-state index in [9.17, 15) is 0 Å². The Morgan fingerprint density at radius 3 is 2.70 bits per heavy atom. The van der Waals surface area contributed by atoms with Gasteiger partial charge in [0, 0.05) is 17.0 Å². The van der Waals surface area contributed by atoms with Gasteiger partial charge in [-0.3, -0.25) is 0 Å². The van der Waals surface area contributed by atoms with Crippen molar-refractivity contribution in [2.24, 2.45) is 0 Å². The molecule has 2 aromatic carbocycles. The lowest BCUT2D eigenvalue weighted by atomic mass is 10.1. The van der Waals surface area contributed by atoms with E-state index in [1.165, 1.54) is 11.1 Å². The van der Waals surface area contributed by atoms with Crippen molar-refractivity contribution in [3.63, 3.8) is 0 Å². The molecule has 0 saturated carbocycles. The van der Waals surface area contributed by atoms with E-state index < -0.39 is 0 Å². The number of benzene rings is 2. The van der Waals surface area contributed by atoms with Crippen molar-refractivity contribution < 1.29 is 4.74 Å². The number of thioether (sulfide) groups is 1. The van der Waals surface area contributed by atoms with Gasteiger partial charge in [-0.1, -0.05) is 59.8 Å². The van der Waals surface area contributed by atoms with Gasteiger partial charge in [-0.2, -0.15) is 4.98 Å². The van der Waals surface area contributed by atoms with E-state index in [1.807, 2.05) is 36.4 Å². The predicted octanol–water partition coefficient (Wildman–Crippen LogP) is 6.47. The molecule has 1 aliphatic heterocycles. The molecular formula is C22H17BrN4OS2. The molecule has 0 radical (unpaired) electrons. The van der Waals surface area contributed by atoms with Crippen LogP contribution in [0.1, 0.15) is 22.2 Å². The molecule has 4 aromatic rings. The Morgan fingerprint density at radius 1 is 1.07 bits per heavy atom. The van der Waals surface area contributed by atoms with Crippen molar-refractivity contribution in [3.05, 3.63) is 80.5 Å². The number of thiophene rings is 1. The minimum atomic E-state index is -0.352. The number of hydrogen-bond donors (Lipinski definition) is 1. The van der Waals surface area contributed by atoms with Crippen LogP contribution in [0.2, 0.25) is 0 Å². The molecule has 2 aromatic heterocycles. The Hall–Kier alpha value is -2.42. The Kier molecular flexibility index (Phi) is 5.45. The van der Waals surface area contributed by atoms with Gasteiger partial charge in [-0.25, -0.2) is 0 Å². The van der Waals surface area contributed by atoms with Crippen molar-refractivity contribution in [2.75, 3.05) is 5.32 Å². The molecule has 5 nitrogen and oxygen atoms in total. The van der Waals surface area contributed by atoms with E-state index in [0.29, 0.717) is 16.7 Å². The maximum absolute atomic E-state index is 6.30. The summed E-state index contributed by atoms with van der Waals surface area (Å²) in [6.07, 6.45) is -0.352. The Morgan fingerprint density at radius 2 is 1.90 bits per heavy atom. The summed E-state index contributed by atoms with van der Waals surface area (Å²) in [6, 6.07) is 20.5. The first kappa shape index (κ1) is 19.5. The highest BCUT2D eigenvalue weighted by Crippen LogP contribution is 2.41. The summed E-state index contributed by atoms with van der Waals surface area (Å²) >= 11 is 6.71. The molecule has 0 aliphatic carbocycles. The van der Waals surface area contributed by atoms with Crippen molar-refractivity contribution >= 4 is 44.7 Å². The van der Waals surface area contributed by atoms with E-state index in [0.717, 1.165) is 25.7 Å². The summed E-state index contributed by atoms with van der Waals surface area (Å²) < 4.78 is 7.35. The number of hydrogen-bond acceptors (Lipinski definition) is 7. The maximum Gasteiger partial charge on any atom is 0.247 e. The lowest BCUT2D eigenvalue weighted by Gasteiger charge is -2.17. The van der Waals surface area contributed by atoms with Crippen LogP contribution in [0, 0.1) is 6.92 Å². The van der Waals surface area contributed by atoms with Gasteiger partial charge < -0.3 is 10.1 Å². The zero-order chi connectivity index (χ0) is 20.5. The second kappa shape index (κ2) is 8.37. The first-order valence-electron chi connectivity index (χ1n) is 9.36. The SMILES string of the molecule is Cc1ccc(CSc2nnc3c(n2)O[C@H](c2ccc(Br)s2)Nc2ccccc2-3)cc1. The van der Waals surface area contributed by atoms with Gasteiger partial charge in [0.05, 0.1) is 8.66 Å². The highest BCUT2D eigenvalue weighted by atomic mass is 79.9. The van der Waals surface area contributed by atoms with Crippen molar-refractivity contribution in [2.45, 2.75) is 24.1 Å². The fourth-order valence-electron chi connectivity index (χ4n) is 3.14. The van der Waals surface area contributed by atoms with Crippen LogP contribution in [0.15, 0.2) is 69.6 Å². The number of anilines is 1. The number of aromatic nitrogens is 3. The summed E-state index contributed by atoms with van der Waals surface area (Å²) in [4.78, 5) is 5.76. The molecule has 150 valence electrons. The first-order valence-corrected chi connectivity index (χ1v) is 12.0. The lowest BCUT2D eigenvalue weighted by Crippen LogP contribution is -2.15. The normalized spacial score (nSPS) is 14.8. The van der Waals surface area contributed by atoms with Crippen LogP contribution in [0.5, 0.6) is 5.88 Å². The Bertz CT molecular complexity index is 1200. The Balaban J connectivity index is 1.47. The average molecular weight is 497 g/mol. The largest absolute Gasteiger partial charge is 0.447 e. The molecule has 0 spiro atoms. The molecule has 1 aliphatic rings. The number of nitrogens with one attached hydrogen (secondary N) is 1. The fourth-order valence-corrected chi connectivity index (χ4v) is 5.28. The number of ether oxygens (including phenoxy) is 1. The van der Waals surface area contributed by atoms with Crippen LogP contribution in [-0.4, -0.2) is 15.2 Å².